The number of piperidine rings is 1. The van der Waals surface area contributed by atoms with Crippen LogP contribution in [0.1, 0.15) is 37.3 Å². The van der Waals surface area contributed by atoms with Crippen molar-refractivity contribution in [3.8, 4) is 0 Å². The Bertz CT molecular complexity index is 786. The summed E-state index contributed by atoms with van der Waals surface area (Å²) in [6.45, 7) is 9.49. The van der Waals surface area contributed by atoms with E-state index in [9.17, 15) is 0 Å². The fourth-order valence-corrected chi connectivity index (χ4v) is 5.03. The molecule has 2 N–H and O–H groups in total. The monoisotopic (exact) mass is 427 g/mol. The van der Waals surface area contributed by atoms with E-state index in [-0.39, 0.29) is 0 Å². The second kappa shape index (κ2) is 10.1. The van der Waals surface area contributed by atoms with Gasteiger partial charge >= 0.3 is 0 Å². The molecule has 0 aliphatic carbocycles. The molecule has 0 radical (unpaired) electrons. The SMILES string of the molecule is CC[C@H]1CN(c2ccc(CN)cn2)CCN1C1CCN(Cc2ccc(Cl)cc2)CC1. The smallest absolute Gasteiger partial charge is 0.128 e. The first-order valence-electron chi connectivity index (χ1n) is 11.3. The van der Waals surface area contributed by atoms with Gasteiger partial charge < -0.3 is 10.6 Å². The highest BCUT2D eigenvalue weighted by Crippen LogP contribution is 2.26. The summed E-state index contributed by atoms with van der Waals surface area (Å²) >= 11 is 6.02. The fraction of sp³-hybridized carbons (Fsp3) is 0.542. The molecule has 0 amide bonds. The van der Waals surface area contributed by atoms with Gasteiger partial charge in [-0.3, -0.25) is 9.80 Å². The quantitative estimate of drug-likeness (QED) is 0.760. The van der Waals surface area contributed by atoms with E-state index in [1.54, 1.807) is 0 Å². The second-order valence-electron chi connectivity index (χ2n) is 8.61. The number of hydrogen-bond donors (Lipinski definition) is 1. The lowest BCUT2D eigenvalue weighted by atomic mass is 9.98. The lowest BCUT2D eigenvalue weighted by Crippen LogP contribution is -2.58. The van der Waals surface area contributed by atoms with Crippen LogP contribution in [-0.4, -0.2) is 59.6 Å². The zero-order valence-corrected chi connectivity index (χ0v) is 18.8. The number of piperazine rings is 1. The normalized spacial score (nSPS) is 21.8. The molecule has 1 aromatic carbocycles. The molecule has 5 nitrogen and oxygen atoms in total. The molecule has 30 heavy (non-hydrogen) atoms. The third-order valence-electron chi connectivity index (χ3n) is 6.71. The summed E-state index contributed by atoms with van der Waals surface area (Å²) in [6.07, 6.45) is 5.61. The van der Waals surface area contributed by atoms with Gasteiger partial charge in [-0.1, -0.05) is 36.7 Å². The van der Waals surface area contributed by atoms with Gasteiger partial charge in [0.05, 0.1) is 0 Å². The Morgan fingerprint density at radius 2 is 1.73 bits per heavy atom. The number of halogens is 1. The molecule has 2 aromatic rings. The van der Waals surface area contributed by atoms with Crippen molar-refractivity contribution in [1.29, 1.82) is 0 Å². The highest BCUT2D eigenvalue weighted by molar-refractivity contribution is 6.30. The molecule has 1 aromatic heterocycles. The first-order chi connectivity index (χ1) is 14.7. The molecule has 0 unspecified atom stereocenters. The summed E-state index contributed by atoms with van der Waals surface area (Å²) in [6, 6.07) is 13.8. The molecule has 2 saturated heterocycles. The van der Waals surface area contributed by atoms with E-state index in [0.717, 1.165) is 42.6 Å². The highest BCUT2D eigenvalue weighted by atomic mass is 35.5. The Kier molecular flexibility index (Phi) is 7.26. The molecule has 3 heterocycles. The largest absolute Gasteiger partial charge is 0.354 e. The van der Waals surface area contributed by atoms with Crippen molar-refractivity contribution in [2.45, 2.75) is 51.4 Å². The molecule has 0 saturated carbocycles. The fourth-order valence-electron chi connectivity index (χ4n) is 4.90. The molecule has 2 aliphatic rings. The van der Waals surface area contributed by atoms with Crippen LogP contribution in [0.3, 0.4) is 0 Å². The zero-order valence-electron chi connectivity index (χ0n) is 18.0. The summed E-state index contributed by atoms with van der Waals surface area (Å²) in [5, 5.41) is 0.813. The topological polar surface area (TPSA) is 48.6 Å². The van der Waals surface area contributed by atoms with Crippen molar-refractivity contribution in [1.82, 2.24) is 14.8 Å². The van der Waals surface area contributed by atoms with Gasteiger partial charge in [-0.15, -0.1) is 0 Å². The van der Waals surface area contributed by atoms with Crippen molar-refractivity contribution in [3.63, 3.8) is 0 Å². The first kappa shape index (κ1) is 21.6. The Labute approximate surface area is 185 Å². The van der Waals surface area contributed by atoms with Crippen LogP contribution in [0.25, 0.3) is 0 Å². The number of anilines is 1. The molecule has 4 rings (SSSR count). The van der Waals surface area contributed by atoms with Gasteiger partial charge in [0.15, 0.2) is 0 Å². The minimum absolute atomic E-state index is 0.551. The van der Waals surface area contributed by atoms with E-state index in [4.69, 9.17) is 17.3 Å². The molecular weight excluding hydrogens is 394 g/mol. The van der Waals surface area contributed by atoms with Crippen LogP contribution in [-0.2, 0) is 13.1 Å². The van der Waals surface area contributed by atoms with Gasteiger partial charge in [-0.2, -0.15) is 0 Å². The number of nitrogens with two attached hydrogens (primary N) is 1. The number of nitrogens with zero attached hydrogens (tertiary/aromatic N) is 4. The van der Waals surface area contributed by atoms with Gasteiger partial charge in [0.1, 0.15) is 5.82 Å². The Morgan fingerprint density at radius 1 is 1.00 bits per heavy atom. The van der Waals surface area contributed by atoms with E-state index in [1.165, 1.54) is 37.9 Å². The number of pyridine rings is 1. The molecule has 0 spiro atoms. The van der Waals surface area contributed by atoms with Gasteiger partial charge in [-0.25, -0.2) is 4.98 Å². The molecule has 162 valence electrons. The van der Waals surface area contributed by atoms with Gasteiger partial charge in [0.25, 0.3) is 0 Å². The lowest BCUT2D eigenvalue weighted by molar-refractivity contribution is 0.0610. The maximum Gasteiger partial charge on any atom is 0.128 e. The highest BCUT2D eigenvalue weighted by Gasteiger charge is 2.33. The summed E-state index contributed by atoms with van der Waals surface area (Å²) in [5.74, 6) is 1.09. The minimum atomic E-state index is 0.551. The average molecular weight is 428 g/mol. The first-order valence-corrected chi connectivity index (χ1v) is 11.7. The predicted molar refractivity (Wildman–Crippen MR) is 125 cm³/mol. The molecule has 6 heteroatoms. The number of benzene rings is 1. The third kappa shape index (κ3) is 5.14. The number of hydrogen-bond acceptors (Lipinski definition) is 5. The third-order valence-corrected chi connectivity index (χ3v) is 6.97. The van der Waals surface area contributed by atoms with E-state index >= 15 is 0 Å². The number of likely N-dealkylation sites (tertiary alicyclic amines) is 1. The van der Waals surface area contributed by atoms with Crippen LogP contribution in [0.4, 0.5) is 5.82 Å². The van der Waals surface area contributed by atoms with E-state index in [2.05, 4.69) is 50.9 Å². The lowest BCUT2D eigenvalue weighted by Gasteiger charge is -2.47. The van der Waals surface area contributed by atoms with E-state index < -0.39 is 0 Å². The van der Waals surface area contributed by atoms with Crippen molar-refractivity contribution < 1.29 is 0 Å². The van der Waals surface area contributed by atoms with Crippen LogP contribution in [0, 0.1) is 0 Å². The molecule has 1 atom stereocenters. The Hall–Kier alpha value is -1.66. The van der Waals surface area contributed by atoms with Gasteiger partial charge in [-0.05, 0) is 61.7 Å². The molecule has 0 bridgehead atoms. The van der Waals surface area contributed by atoms with E-state index in [1.807, 2.05) is 18.3 Å². The van der Waals surface area contributed by atoms with Crippen molar-refractivity contribution in [2.75, 3.05) is 37.6 Å². The molecule has 2 aliphatic heterocycles. The van der Waals surface area contributed by atoms with E-state index in [0.29, 0.717) is 18.6 Å². The van der Waals surface area contributed by atoms with Crippen LogP contribution < -0.4 is 10.6 Å². The molecular formula is C24H34ClN5. The standard InChI is InChI=1S/C24H34ClN5/c1-2-22-18-29(24-8-5-20(15-26)16-27-24)13-14-30(22)23-9-11-28(12-10-23)17-19-3-6-21(25)7-4-19/h3-8,16,22-23H,2,9-15,17-18,26H2,1H3/t22-/m0/s1. The van der Waals surface area contributed by atoms with Gasteiger partial charge in [0.2, 0.25) is 0 Å². The summed E-state index contributed by atoms with van der Waals surface area (Å²) < 4.78 is 0. The Balaban J connectivity index is 1.30. The van der Waals surface area contributed by atoms with Crippen LogP contribution in [0.15, 0.2) is 42.6 Å². The summed E-state index contributed by atoms with van der Waals surface area (Å²) in [4.78, 5) is 12.5. The molecule has 2 fully saturated rings. The van der Waals surface area contributed by atoms with Crippen LogP contribution >= 0.6 is 11.6 Å². The average Bonchev–Trinajstić information content (AvgIpc) is 2.81. The zero-order chi connectivity index (χ0) is 20.9. The number of aromatic nitrogens is 1. The number of rotatable bonds is 6. The maximum absolute atomic E-state index is 6.02. The van der Waals surface area contributed by atoms with Crippen LogP contribution in [0.2, 0.25) is 5.02 Å². The van der Waals surface area contributed by atoms with Crippen LogP contribution in [0.5, 0.6) is 0 Å². The second-order valence-corrected chi connectivity index (χ2v) is 9.04. The predicted octanol–water partition coefficient (Wildman–Crippen LogP) is 3.76. The minimum Gasteiger partial charge on any atom is -0.354 e. The summed E-state index contributed by atoms with van der Waals surface area (Å²) in [7, 11) is 0. The van der Waals surface area contributed by atoms with Crippen molar-refractivity contribution in [2.24, 2.45) is 5.73 Å². The van der Waals surface area contributed by atoms with Gasteiger partial charge in [0, 0.05) is 56.0 Å². The van der Waals surface area contributed by atoms with Crippen molar-refractivity contribution in [3.05, 3.63) is 58.7 Å². The van der Waals surface area contributed by atoms with Crippen molar-refractivity contribution >= 4 is 17.4 Å². The Morgan fingerprint density at radius 3 is 2.37 bits per heavy atom. The maximum atomic E-state index is 6.02. The summed E-state index contributed by atoms with van der Waals surface area (Å²) in [5.41, 5.74) is 8.16.